The number of carbonyl (C=O) groups excluding carboxylic acids is 2. The first kappa shape index (κ1) is 19.6. The van der Waals surface area contributed by atoms with Crippen molar-refractivity contribution in [2.24, 2.45) is 0 Å². The number of amides is 2. The molecule has 152 valence electrons. The van der Waals surface area contributed by atoms with Gasteiger partial charge in [-0.2, -0.15) is 0 Å². The summed E-state index contributed by atoms with van der Waals surface area (Å²) in [6, 6.07) is 16.3. The van der Waals surface area contributed by atoms with E-state index in [4.69, 9.17) is 0 Å². The van der Waals surface area contributed by atoms with Gasteiger partial charge < -0.3 is 10.2 Å². The molecule has 29 heavy (non-hydrogen) atoms. The van der Waals surface area contributed by atoms with E-state index in [1.165, 1.54) is 18.4 Å². The average Bonchev–Trinajstić information content (AvgIpc) is 3.43. The van der Waals surface area contributed by atoms with Crippen molar-refractivity contribution in [3.8, 4) is 0 Å². The van der Waals surface area contributed by atoms with E-state index in [1.807, 2.05) is 36.1 Å². The van der Waals surface area contributed by atoms with Crippen LogP contribution in [0.2, 0.25) is 0 Å². The second kappa shape index (κ2) is 8.78. The summed E-state index contributed by atoms with van der Waals surface area (Å²) in [5.41, 5.74) is 3.95. The first-order valence-electron chi connectivity index (χ1n) is 10.7. The van der Waals surface area contributed by atoms with Gasteiger partial charge in [0.2, 0.25) is 5.91 Å². The predicted molar refractivity (Wildman–Crippen MR) is 115 cm³/mol. The zero-order valence-electron chi connectivity index (χ0n) is 17.1. The standard InChI is InChI=1S/C24H29N3O2/c1-2-23(28)27-15-12-19-16-20(10-11-21(19)27)24(29)25-17-22(26-13-6-7-14-26)18-8-4-3-5-9-18/h3-5,8-11,16,22H,2,6-7,12-15,17H2,1H3,(H,25,29). The van der Waals surface area contributed by atoms with Gasteiger partial charge in [-0.25, -0.2) is 0 Å². The van der Waals surface area contributed by atoms with Gasteiger partial charge in [0, 0.05) is 30.8 Å². The van der Waals surface area contributed by atoms with Crippen molar-refractivity contribution in [3.63, 3.8) is 0 Å². The molecule has 0 aliphatic carbocycles. The van der Waals surface area contributed by atoms with Crippen LogP contribution < -0.4 is 10.2 Å². The average molecular weight is 392 g/mol. The van der Waals surface area contributed by atoms with E-state index >= 15 is 0 Å². The van der Waals surface area contributed by atoms with Gasteiger partial charge in [-0.05, 0) is 61.7 Å². The Balaban J connectivity index is 1.45. The molecule has 2 amide bonds. The first-order chi connectivity index (χ1) is 14.2. The molecule has 5 nitrogen and oxygen atoms in total. The number of carbonyl (C=O) groups is 2. The van der Waals surface area contributed by atoms with Crippen molar-refractivity contribution in [3.05, 3.63) is 65.2 Å². The van der Waals surface area contributed by atoms with Crippen LogP contribution in [0.25, 0.3) is 0 Å². The van der Waals surface area contributed by atoms with E-state index in [9.17, 15) is 9.59 Å². The van der Waals surface area contributed by atoms with Crippen molar-refractivity contribution < 1.29 is 9.59 Å². The van der Waals surface area contributed by atoms with Gasteiger partial charge in [0.15, 0.2) is 0 Å². The summed E-state index contributed by atoms with van der Waals surface area (Å²) in [5, 5.41) is 3.15. The van der Waals surface area contributed by atoms with Crippen molar-refractivity contribution in [1.82, 2.24) is 10.2 Å². The van der Waals surface area contributed by atoms with Crippen molar-refractivity contribution in [2.45, 2.75) is 38.6 Å². The van der Waals surface area contributed by atoms with Gasteiger partial charge in [0.1, 0.15) is 0 Å². The topological polar surface area (TPSA) is 52.7 Å². The van der Waals surface area contributed by atoms with Gasteiger partial charge >= 0.3 is 0 Å². The molecule has 1 saturated heterocycles. The fourth-order valence-corrected chi connectivity index (χ4v) is 4.47. The van der Waals surface area contributed by atoms with Crippen LogP contribution >= 0.6 is 0 Å². The molecule has 0 bridgehead atoms. The molecule has 0 aromatic heterocycles. The molecule has 2 aromatic carbocycles. The molecular weight excluding hydrogens is 362 g/mol. The van der Waals surface area contributed by atoms with Crippen LogP contribution in [-0.4, -0.2) is 42.9 Å². The normalized spacial score (nSPS) is 17.2. The SMILES string of the molecule is CCC(=O)N1CCc2cc(C(=O)NCC(c3ccccc3)N3CCCC3)ccc21. The molecule has 2 aliphatic rings. The zero-order chi connectivity index (χ0) is 20.2. The summed E-state index contributed by atoms with van der Waals surface area (Å²) in [6.45, 7) is 5.34. The Bertz CT molecular complexity index is 875. The fourth-order valence-electron chi connectivity index (χ4n) is 4.47. The molecule has 1 unspecified atom stereocenters. The summed E-state index contributed by atoms with van der Waals surface area (Å²) in [5.74, 6) is 0.0884. The predicted octanol–water partition coefficient (Wildman–Crippen LogP) is 3.55. The Morgan fingerprint density at radius 3 is 2.52 bits per heavy atom. The van der Waals surface area contributed by atoms with E-state index < -0.39 is 0 Å². The third-order valence-corrected chi connectivity index (χ3v) is 6.06. The van der Waals surface area contributed by atoms with Gasteiger partial charge in [0.05, 0.1) is 6.04 Å². The Hall–Kier alpha value is -2.66. The molecule has 2 aromatic rings. The molecule has 1 fully saturated rings. The van der Waals surface area contributed by atoms with Crippen LogP contribution in [0, 0.1) is 0 Å². The highest BCUT2D eigenvalue weighted by molar-refractivity contribution is 5.98. The lowest BCUT2D eigenvalue weighted by Gasteiger charge is -2.28. The monoisotopic (exact) mass is 391 g/mol. The van der Waals surface area contributed by atoms with Gasteiger partial charge in [-0.15, -0.1) is 0 Å². The molecule has 2 aliphatic heterocycles. The highest BCUT2D eigenvalue weighted by Gasteiger charge is 2.26. The number of hydrogen-bond donors (Lipinski definition) is 1. The second-order valence-corrected chi connectivity index (χ2v) is 7.87. The van der Waals surface area contributed by atoms with E-state index in [1.54, 1.807) is 0 Å². The minimum absolute atomic E-state index is 0.0480. The Morgan fingerprint density at radius 2 is 1.79 bits per heavy atom. The number of rotatable bonds is 6. The highest BCUT2D eigenvalue weighted by atomic mass is 16.2. The van der Waals surface area contributed by atoms with E-state index in [-0.39, 0.29) is 17.9 Å². The fraction of sp³-hybridized carbons (Fsp3) is 0.417. The van der Waals surface area contributed by atoms with Crippen LogP contribution in [0.3, 0.4) is 0 Å². The Labute approximate surface area is 172 Å². The number of nitrogens with one attached hydrogen (secondary N) is 1. The summed E-state index contributed by atoms with van der Waals surface area (Å²) in [7, 11) is 0. The molecular formula is C24H29N3O2. The molecule has 2 heterocycles. The third kappa shape index (κ3) is 4.20. The number of benzene rings is 2. The maximum Gasteiger partial charge on any atom is 0.251 e. The Morgan fingerprint density at radius 1 is 1.03 bits per heavy atom. The third-order valence-electron chi connectivity index (χ3n) is 6.06. The van der Waals surface area contributed by atoms with Crippen molar-refractivity contribution in [1.29, 1.82) is 0 Å². The van der Waals surface area contributed by atoms with E-state index in [0.717, 1.165) is 30.8 Å². The minimum atomic E-state index is -0.0480. The summed E-state index contributed by atoms with van der Waals surface area (Å²) < 4.78 is 0. The lowest BCUT2D eigenvalue weighted by molar-refractivity contribution is -0.118. The molecule has 4 rings (SSSR count). The minimum Gasteiger partial charge on any atom is -0.350 e. The van der Waals surface area contributed by atoms with Gasteiger partial charge in [0.25, 0.3) is 5.91 Å². The van der Waals surface area contributed by atoms with Crippen LogP contribution in [0.15, 0.2) is 48.5 Å². The molecule has 1 atom stereocenters. The summed E-state index contributed by atoms with van der Waals surface area (Å²) in [6.07, 6.45) is 3.74. The van der Waals surface area contributed by atoms with Crippen molar-refractivity contribution >= 4 is 17.5 Å². The molecule has 5 heteroatoms. The number of nitrogens with zero attached hydrogens (tertiary/aromatic N) is 2. The smallest absolute Gasteiger partial charge is 0.251 e. The highest BCUT2D eigenvalue weighted by Crippen LogP contribution is 2.29. The Kier molecular flexibility index (Phi) is 5.95. The summed E-state index contributed by atoms with van der Waals surface area (Å²) >= 11 is 0. The van der Waals surface area contributed by atoms with Crippen LogP contribution in [-0.2, 0) is 11.2 Å². The van der Waals surface area contributed by atoms with Crippen LogP contribution in [0.1, 0.15) is 53.7 Å². The largest absolute Gasteiger partial charge is 0.350 e. The van der Waals surface area contributed by atoms with Gasteiger partial charge in [-0.1, -0.05) is 37.3 Å². The number of likely N-dealkylation sites (tertiary alicyclic amines) is 1. The van der Waals surface area contributed by atoms with Gasteiger partial charge in [-0.3, -0.25) is 14.5 Å². The second-order valence-electron chi connectivity index (χ2n) is 7.87. The zero-order valence-corrected chi connectivity index (χ0v) is 17.1. The van der Waals surface area contributed by atoms with E-state index in [2.05, 4.69) is 34.5 Å². The van der Waals surface area contributed by atoms with Crippen LogP contribution in [0.5, 0.6) is 0 Å². The maximum atomic E-state index is 12.9. The van der Waals surface area contributed by atoms with Crippen LogP contribution in [0.4, 0.5) is 5.69 Å². The van der Waals surface area contributed by atoms with Crippen molar-refractivity contribution in [2.75, 3.05) is 31.1 Å². The number of fused-ring (bicyclic) bond motifs is 1. The van der Waals surface area contributed by atoms with E-state index in [0.29, 0.717) is 25.1 Å². The lowest BCUT2D eigenvalue weighted by atomic mass is 10.0. The first-order valence-corrected chi connectivity index (χ1v) is 10.7. The molecule has 0 spiro atoms. The molecule has 0 radical (unpaired) electrons. The molecule has 0 saturated carbocycles. The number of anilines is 1. The summed E-state index contributed by atoms with van der Waals surface area (Å²) in [4.78, 5) is 29.2. The number of hydrogen-bond acceptors (Lipinski definition) is 3. The molecule has 1 N–H and O–H groups in total. The maximum absolute atomic E-state index is 12.9. The quantitative estimate of drug-likeness (QED) is 0.819. The lowest BCUT2D eigenvalue weighted by Crippen LogP contribution is -2.36.